The Balaban J connectivity index is 2.20. The summed E-state index contributed by atoms with van der Waals surface area (Å²) in [5.74, 6) is 1.35. The van der Waals surface area contributed by atoms with Crippen LogP contribution in [0.15, 0.2) is 12.3 Å². The summed E-state index contributed by atoms with van der Waals surface area (Å²) in [6.45, 7) is 6.12. The Hall–Kier alpha value is -1.16. The summed E-state index contributed by atoms with van der Waals surface area (Å²) >= 11 is 0. The van der Waals surface area contributed by atoms with Crippen LogP contribution in [0.3, 0.4) is 0 Å². The Morgan fingerprint density at radius 1 is 1.59 bits per heavy atom. The molecule has 0 bridgehead atoms. The van der Waals surface area contributed by atoms with Crippen molar-refractivity contribution in [3.8, 4) is 0 Å². The summed E-state index contributed by atoms with van der Waals surface area (Å²) < 4.78 is 0. The molecule has 1 aromatic heterocycles. The smallest absolute Gasteiger partial charge is 0.225 e. The van der Waals surface area contributed by atoms with Gasteiger partial charge in [0.15, 0.2) is 0 Å². The van der Waals surface area contributed by atoms with Crippen LogP contribution in [0.5, 0.6) is 0 Å². The highest BCUT2D eigenvalue weighted by atomic mass is 15.3. The topological polar surface area (TPSA) is 55.0 Å². The Bertz CT molecular complexity index is 366. The monoisotopic (exact) mass is 234 g/mol. The molecule has 2 heterocycles. The number of hydrogen-bond acceptors (Lipinski definition) is 4. The Kier molecular flexibility index (Phi) is 3.94. The summed E-state index contributed by atoms with van der Waals surface area (Å²) in [7, 11) is 0. The average Bonchev–Trinajstić information content (AvgIpc) is 2.86. The van der Waals surface area contributed by atoms with Crippen molar-refractivity contribution in [2.45, 2.75) is 45.1 Å². The number of nitrogens with two attached hydrogens (primary N) is 1. The Morgan fingerprint density at radius 3 is 3.12 bits per heavy atom. The maximum Gasteiger partial charge on any atom is 0.225 e. The van der Waals surface area contributed by atoms with Crippen LogP contribution in [0.25, 0.3) is 0 Å². The molecule has 1 aromatic rings. The number of nitrogens with zero attached hydrogens (tertiary/aromatic N) is 3. The highest BCUT2D eigenvalue weighted by molar-refractivity contribution is 5.34. The van der Waals surface area contributed by atoms with Gasteiger partial charge in [-0.1, -0.05) is 13.8 Å². The van der Waals surface area contributed by atoms with Crippen molar-refractivity contribution in [3.63, 3.8) is 0 Å². The quantitative estimate of drug-likeness (QED) is 0.864. The molecule has 1 aliphatic heterocycles. The highest BCUT2D eigenvalue weighted by Crippen LogP contribution is 2.23. The number of hydrogen-bond donors (Lipinski definition) is 1. The fourth-order valence-electron chi connectivity index (χ4n) is 2.33. The molecule has 4 nitrogen and oxygen atoms in total. The zero-order valence-corrected chi connectivity index (χ0v) is 10.8. The lowest BCUT2D eigenvalue weighted by atomic mass is 10.1. The third-order valence-corrected chi connectivity index (χ3v) is 3.69. The van der Waals surface area contributed by atoms with Crippen molar-refractivity contribution in [3.05, 3.63) is 18.0 Å². The third-order valence-electron chi connectivity index (χ3n) is 3.69. The van der Waals surface area contributed by atoms with Crippen LogP contribution in [0, 0.1) is 0 Å². The van der Waals surface area contributed by atoms with E-state index in [2.05, 4.69) is 28.7 Å². The predicted octanol–water partition coefficient (Wildman–Crippen LogP) is 1.92. The van der Waals surface area contributed by atoms with Gasteiger partial charge in [0.2, 0.25) is 5.95 Å². The molecule has 2 rings (SSSR count). The van der Waals surface area contributed by atoms with Crippen molar-refractivity contribution in [1.29, 1.82) is 0 Å². The van der Waals surface area contributed by atoms with Crippen molar-refractivity contribution >= 4 is 5.95 Å². The second-order valence-corrected chi connectivity index (χ2v) is 4.82. The Morgan fingerprint density at radius 2 is 2.41 bits per heavy atom. The number of rotatable bonds is 4. The van der Waals surface area contributed by atoms with E-state index in [0.717, 1.165) is 31.0 Å². The third kappa shape index (κ3) is 2.57. The maximum absolute atomic E-state index is 5.79. The molecule has 1 saturated heterocycles. The Labute approximate surface area is 103 Å². The summed E-state index contributed by atoms with van der Waals surface area (Å²) in [6.07, 6.45) is 5.33. The molecule has 0 aromatic carbocycles. The lowest BCUT2D eigenvalue weighted by Crippen LogP contribution is -2.36. The molecule has 2 atom stereocenters. The van der Waals surface area contributed by atoms with Gasteiger partial charge in [-0.3, -0.25) is 0 Å². The molecule has 0 amide bonds. The van der Waals surface area contributed by atoms with Gasteiger partial charge in [0, 0.05) is 31.0 Å². The first-order valence-electron chi connectivity index (χ1n) is 6.56. The van der Waals surface area contributed by atoms with Crippen LogP contribution in [0.2, 0.25) is 0 Å². The van der Waals surface area contributed by atoms with E-state index in [1.54, 1.807) is 0 Å². The standard InChI is InChI=1S/C13H22N4/c1-3-10(2)12-6-7-15-13(16-12)17-8-4-5-11(17)9-14/h6-7,10-11H,3-5,8-9,14H2,1-2H3. The first-order valence-corrected chi connectivity index (χ1v) is 6.56. The average molecular weight is 234 g/mol. The van der Waals surface area contributed by atoms with Gasteiger partial charge in [0.1, 0.15) is 0 Å². The van der Waals surface area contributed by atoms with Gasteiger partial charge in [-0.05, 0) is 31.2 Å². The van der Waals surface area contributed by atoms with Gasteiger partial charge in [0.05, 0.1) is 0 Å². The fourth-order valence-corrected chi connectivity index (χ4v) is 2.33. The van der Waals surface area contributed by atoms with Gasteiger partial charge in [0.25, 0.3) is 0 Å². The maximum atomic E-state index is 5.79. The van der Waals surface area contributed by atoms with E-state index in [1.165, 1.54) is 6.42 Å². The number of aromatic nitrogens is 2. The van der Waals surface area contributed by atoms with Gasteiger partial charge >= 0.3 is 0 Å². The normalized spacial score (nSPS) is 21.8. The molecule has 0 spiro atoms. The van der Waals surface area contributed by atoms with Crippen molar-refractivity contribution in [2.24, 2.45) is 5.73 Å². The minimum Gasteiger partial charge on any atom is -0.337 e. The van der Waals surface area contributed by atoms with E-state index < -0.39 is 0 Å². The van der Waals surface area contributed by atoms with E-state index in [4.69, 9.17) is 5.73 Å². The minimum absolute atomic E-state index is 0.419. The van der Waals surface area contributed by atoms with Crippen molar-refractivity contribution in [1.82, 2.24) is 9.97 Å². The van der Waals surface area contributed by atoms with Crippen LogP contribution < -0.4 is 10.6 Å². The van der Waals surface area contributed by atoms with Crippen LogP contribution in [0.1, 0.15) is 44.7 Å². The van der Waals surface area contributed by atoms with Gasteiger partial charge in [-0.2, -0.15) is 0 Å². The van der Waals surface area contributed by atoms with Gasteiger partial charge in [-0.25, -0.2) is 9.97 Å². The van der Waals surface area contributed by atoms with Crippen LogP contribution in [-0.2, 0) is 0 Å². The van der Waals surface area contributed by atoms with Gasteiger partial charge in [-0.15, -0.1) is 0 Å². The lowest BCUT2D eigenvalue weighted by molar-refractivity contribution is 0.653. The van der Waals surface area contributed by atoms with E-state index in [-0.39, 0.29) is 0 Å². The van der Waals surface area contributed by atoms with Crippen LogP contribution >= 0.6 is 0 Å². The van der Waals surface area contributed by atoms with Crippen LogP contribution in [-0.4, -0.2) is 29.1 Å². The summed E-state index contributed by atoms with van der Waals surface area (Å²) in [5, 5.41) is 0. The molecule has 2 unspecified atom stereocenters. The molecule has 0 aliphatic carbocycles. The zero-order valence-electron chi connectivity index (χ0n) is 10.8. The molecule has 0 saturated carbocycles. The fraction of sp³-hybridized carbons (Fsp3) is 0.692. The van der Waals surface area contributed by atoms with Crippen molar-refractivity contribution < 1.29 is 0 Å². The molecule has 2 N–H and O–H groups in total. The van der Waals surface area contributed by atoms with E-state index in [1.807, 2.05) is 12.3 Å². The summed E-state index contributed by atoms with van der Waals surface area (Å²) in [6, 6.07) is 2.44. The first-order chi connectivity index (χ1) is 8.26. The minimum atomic E-state index is 0.419. The zero-order chi connectivity index (χ0) is 12.3. The second kappa shape index (κ2) is 5.45. The van der Waals surface area contributed by atoms with Crippen molar-refractivity contribution in [2.75, 3.05) is 18.0 Å². The SMILES string of the molecule is CCC(C)c1ccnc(N2CCCC2CN)n1. The second-order valence-electron chi connectivity index (χ2n) is 4.82. The van der Waals surface area contributed by atoms with Crippen LogP contribution in [0.4, 0.5) is 5.95 Å². The molecular formula is C13H22N4. The molecule has 1 fully saturated rings. The molecule has 4 heteroatoms. The molecule has 94 valence electrons. The highest BCUT2D eigenvalue weighted by Gasteiger charge is 2.25. The molecule has 0 radical (unpaired) electrons. The lowest BCUT2D eigenvalue weighted by Gasteiger charge is -2.24. The predicted molar refractivity (Wildman–Crippen MR) is 70.2 cm³/mol. The summed E-state index contributed by atoms with van der Waals surface area (Å²) in [4.78, 5) is 11.3. The largest absolute Gasteiger partial charge is 0.337 e. The van der Waals surface area contributed by atoms with Gasteiger partial charge < -0.3 is 10.6 Å². The van der Waals surface area contributed by atoms with E-state index in [9.17, 15) is 0 Å². The molecule has 17 heavy (non-hydrogen) atoms. The van der Waals surface area contributed by atoms with E-state index >= 15 is 0 Å². The first kappa shape index (κ1) is 12.3. The molecule has 1 aliphatic rings. The molecular weight excluding hydrogens is 212 g/mol. The summed E-state index contributed by atoms with van der Waals surface area (Å²) in [5.41, 5.74) is 6.93. The van der Waals surface area contributed by atoms with E-state index in [0.29, 0.717) is 18.5 Å². The number of anilines is 1.